The molecule has 0 bridgehead atoms. The zero-order chi connectivity index (χ0) is 28.7. The van der Waals surface area contributed by atoms with E-state index in [4.69, 9.17) is 4.74 Å². The molecule has 1 atom stereocenters. The Balaban J connectivity index is 2.02. The summed E-state index contributed by atoms with van der Waals surface area (Å²) >= 11 is 0. The topological polar surface area (TPSA) is 96.0 Å². The lowest BCUT2D eigenvalue weighted by atomic mass is 10.1. The molecular weight excluding hydrogens is 514 g/mol. The highest BCUT2D eigenvalue weighted by molar-refractivity contribution is 7.92. The number of methoxy groups -OCH3 is 1. The number of anilines is 1. The van der Waals surface area contributed by atoms with Crippen LogP contribution in [-0.4, -0.2) is 50.9 Å². The first-order chi connectivity index (χ1) is 18.4. The maximum Gasteiger partial charge on any atom is 0.264 e. The van der Waals surface area contributed by atoms with Crippen molar-refractivity contribution in [3.8, 4) is 5.75 Å². The van der Waals surface area contributed by atoms with Crippen molar-refractivity contribution in [2.24, 2.45) is 0 Å². The van der Waals surface area contributed by atoms with Crippen molar-refractivity contribution < 1.29 is 22.7 Å². The van der Waals surface area contributed by atoms with Gasteiger partial charge in [0, 0.05) is 12.6 Å². The van der Waals surface area contributed by atoms with Crippen molar-refractivity contribution in [2.45, 2.75) is 58.1 Å². The van der Waals surface area contributed by atoms with Gasteiger partial charge in [0.25, 0.3) is 10.0 Å². The van der Waals surface area contributed by atoms with Crippen LogP contribution in [0.15, 0.2) is 77.7 Å². The van der Waals surface area contributed by atoms with Gasteiger partial charge in [0.05, 0.1) is 17.7 Å². The summed E-state index contributed by atoms with van der Waals surface area (Å²) in [7, 11) is -2.53. The summed E-state index contributed by atoms with van der Waals surface area (Å²) in [5, 5.41) is 2.85. The van der Waals surface area contributed by atoms with Gasteiger partial charge < -0.3 is 15.0 Å². The van der Waals surface area contributed by atoms with Gasteiger partial charge in [0.2, 0.25) is 11.8 Å². The number of carbonyl (C=O) groups excluding carboxylic acids is 2. The van der Waals surface area contributed by atoms with Gasteiger partial charge in [0.1, 0.15) is 18.3 Å². The SMILES string of the molecule is COc1ccc(CN(C(=O)CN(c2cccc(C)c2)S(=O)(=O)c2ccc(C)cc2)C(C)C(=O)NC(C)C)cc1. The molecule has 0 heterocycles. The summed E-state index contributed by atoms with van der Waals surface area (Å²) in [4.78, 5) is 28.4. The Kier molecular flexibility index (Phi) is 9.75. The van der Waals surface area contributed by atoms with E-state index in [0.717, 1.165) is 21.0 Å². The first kappa shape index (κ1) is 29.7. The molecule has 2 amide bonds. The number of hydrogen-bond acceptors (Lipinski definition) is 5. The van der Waals surface area contributed by atoms with E-state index < -0.39 is 28.5 Å². The van der Waals surface area contributed by atoms with Crippen molar-refractivity contribution in [2.75, 3.05) is 18.0 Å². The van der Waals surface area contributed by atoms with E-state index in [2.05, 4.69) is 5.32 Å². The number of rotatable bonds is 11. The third kappa shape index (κ3) is 7.60. The predicted octanol–water partition coefficient (Wildman–Crippen LogP) is 4.45. The van der Waals surface area contributed by atoms with Gasteiger partial charge in [-0.05, 0) is 82.1 Å². The third-order valence-electron chi connectivity index (χ3n) is 6.29. The molecule has 39 heavy (non-hydrogen) atoms. The van der Waals surface area contributed by atoms with Crippen LogP contribution in [0.5, 0.6) is 5.75 Å². The molecule has 1 N–H and O–H groups in total. The fourth-order valence-electron chi connectivity index (χ4n) is 4.06. The first-order valence-electron chi connectivity index (χ1n) is 12.8. The summed E-state index contributed by atoms with van der Waals surface area (Å²) in [6.45, 7) is 8.69. The van der Waals surface area contributed by atoms with Gasteiger partial charge >= 0.3 is 0 Å². The van der Waals surface area contributed by atoms with E-state index >= 15 is 0 Å². The number of nitrogens with one attached hydrogen (secondary N) is 1. The number of aryl methyl sites for hydroxylation is 2. The van der Waals surface area contributed by atoms with Crippen LogP contribution < -0.4 is 14.4 Å². The second-order valence-corrected chi connectivity index (χ2v) is 11.7. The molecule has 0 aliphatic rings. The Labute approximate surface area is 231 Å². The number of sulfonamides is 1. The summed E-state index contributed by atoms with van der Waals surface area (Å²) in [5.74, 6) is -0.165. The van der Waals surface area contributed by atoms with Gasteiger partial charge in [-0.1, -0.05) is 42.0 Å². The molecule has 9 heteroatoms. The van der Waals surface area contributed by atoms with Crippen molar-refractivity contribution in [1.82, 2.24) is 10.2 Å². The van der Waals surface area contributed by atoms with Crippen LogP contribution in [0.25, 0.3) is 0 Å². The summed E-state index contributed by atoms with van der Waals surface area (Å²) in [6.07, 6.45) is 0. The largest absolute Gasteiger partial charge is 0.497 e. The highest BCUT2D eigenvalue weighted by Gasteiger charge is 2.32. The predicted molar refractivity (Wildman–Crippen MR) is 153 cm³/mol. The molecule has 0 aliphatic carbocycles. The summed E-state index contributed by atoms with van der Waals surface area (Å²) in [6, 6.07) is 19.7. The monoisotopic (exact) mass is 551 g/mol. The maximum atomic E-state index is 13.9. The van der Waals surface area contributed by atoms with Crippen LogP contribution >= 0.6 is 0 Å². The number of nitrogens with zero attached hydrogens (tertiary/aromatic N) is 2. The Morgan fingerprint density at radius 1 is 0.897 bits per heavy atom. The minimum atomic E-state index is -4.09. The van der Waals surface area contributed by atoms with E-state index in [1.54, 1.807) is 56.5 Å². The average molecular weight is 552 g/mol. The van der Waals surface area contributed by atoms with Crippen LogP contribution in [0.2, 0.25) is 0 Å². The maximum absolute atomic E-state index is 13.9. The lowest BCUT2D eigenvalue weighted by molar-refractivity contribution is -0.139. The van der Waals surface area contributed by atoms with Crippen LogP contribution in [0, 0.1) is 13.8 Å². The van der Waals surface area contributed by atoms with Gasteiger partial charge in [-0.3, -0.25) is 13.9 Å². The summed E-state index contributed by atoms with van der Waals surface area (Å²) < 4.78 is 34.1. The highest BCUT2D eigenvalue weighted by atomic mass is 32.2. The molecule has 0 saturated heterocycles. The molecule has 0 aliphatic heterocycles. The molecule has 0 saturated carbocycles. The fraction of sp³-hybridized carbons (Fsp3) is 0.333. The molecule has 0 fully saturated rings. The van der Waals surface area contributed by atoms with Crippen LogP contribution in [-0.2, 0) is 26.2 Å². The van der Waals surface area contributed by atoms with E-state index in [9.17, 15) is 18.0 Å². The fourth-order valence-corrected chi connectivity index (χ4v) is 5.47. The lowest BCUT2D eigenvalue weighted by Gasteiger charge is -2.32. The van der Waals surface area contributed by atoms with Gasteiger partial charge in [0.15, 0.2) is 0 Å². The quantitative estimate of drug-likeness (QED) is 0.380. The van der Waals surface area contributed by atoms with E-state index in [-0.39, 0.29) is 23.4 Å². The number of benzene rings is 3. The number of hydrogen-bond donors (Lipinski definition) is 1. The number of amides is 2. The molecule has 0 spiro atoms. The van der Waals surface area contributed by atoms with Gasteiger partial charge in [-0.2, -0.15) is 0 Å². The highest BCUT2D eigenvalue weighted by Crippen LogP contribution is 2.26. The van der Waals surface area contributed by atoms with Crippen molar-refractivity contribution >= 4 is 27.5 Å². The first-order valence-corrected chi connectivity index (χ1v) is 14.2. The minimum Gasteiger partial charge on any atom is -0.497 e. The van der Waals surface area contributed by atoms with Gasteiger partial charge in [-0.25, -0.2) is 8.42 Å². The molecule has 208 valence electrons. The smallest absolute Gasteiger partial charge is 0.264 e. The Morgan fingerprint density at radius 2 is 1.54 bits per heavy atom. The van der Waals surface area contributed by atoms with Crippen LogP contribution in [0.1, 0.15) is 37.5 Å². The second-order valence-electron chi connectivity index (χ2n) is 9.87. The second kappa shape index (κ2) is 12.8. The molecule has 0 aromatic heterocycles. The molecule has 8 nitrogen and oxygen atoms in total. The Hall–Kier alpha value is -3.85. The Morgan fingerprint density at radius 3 is 2.10 bits per heavy atom. The van der Waals surface area contributed by atoms with Crippen LogP contribution in [0.4, 0.5) is 5.69 Å². The lowest BCUT2D eigenvalue weighted by Crippen LogP contribution is -2.52. The van der Waals surface area contributed by atoms with E-state index in [1.807, 2.05) is 45.9 Å². The van der Waals surface area contributed by atoms with Gasteiger partial charge in [-0.15, -0.1) is 0 Å². The van der Waals surface area contributed by atoms with E-state index in [0.29, 0.717) is 11.4 Å². The zero-order valence-electron chi connectivity index (χ0n) is 23.3. The normalized spacial score (nSPS) is 12.1. The molecule has 1 unspecified atom stereocenters. The molecule has 3 aromatic carbocycles. The van der Waals surface area contributed by atoms with Crippen LogP contribution in [0.3, 0.4) is 0 Å². The Bertz CT molecular complexity index is 1390. The average Bonchev–Trinajstić information content (AvgIpc) is 2.90. The van der Waals surface area contributed by atoms with E-state index in [1.165, 1.54) is 17.0 Å². The van der Waals surface area contributed by atoms with Crippen molar-refractivity contribution in [1.29, 1.82) is 0 Å². The number of carbonyl (C=O) groups is 2. The molecule has 3 aromatic rings. The standard InChI is InChI=1S/C30H37N3O5S/c1-21(2)31-30(35)24(5)32(19-25-12-14-27(38-6)15-13-25)29(34)20-33(26-9-7-8-23(4)18-26)39(36,37)28-16-10-22(3)11-17-28/h7-18,21,24H,19-20H2,1-6H3,(H,31,35). The third-order valence-corrected chi connectivity index (χ3v) is 8.08. The van der Waals surface area contributed by atoms with Crippen molar-refractivity contribution in [3.05, 3.63) is 89.5 Å². The van der Waals surface area contributed by atoms with Crippen molar-refractivity contribution in [3.63, 3.8) is 0 Å². The molecular formula is C30H37N3O5S. The number of ether oxygens (including phenoxy) is 1. The molecule has 3 rings (SSSR count). The summed E-state index contributed by atoms with van der Waals surface area (Å²) in [5.41, 5.74) is 2.91. The minimum absolute atomic E-state index is 0.0784. The molecule has 0 radical (unpaired) electrons. The zero-order valence-corrected chi connectivity index (χ0v) is 24.2.